The summed E-state index contributed by atoms with van der Waals surface area (Å²) in [6.45, 7) is -0.363. The third kappa shape index (κ3) is 5.10. The molecule has 0 radical (unpaired) electrons. The van der Waals surface area contributed by atoms with E-state index in [0.29, 0.717) is 5.69 Å². The zero-order valence-corrected chi connectivity index (χ0v) is 17.5. The molecule has 1 N–H and O–H groups in total. The number of ether oxygens (including phenoxy) is 1. The molecule has 4 aromatic carbocycles. The molecular formula is C28H23NO3. The van der Waals surface area contributed by atoms with Gasteiger partial charge in [-0.1, -0.05) is 109 Å². The number of rotatable bonds is 7. The van der Waals surface area contributed by atoms with Gasteiger partial charge in [-0.15, -0.1) is 0 Å². The molecule has 4 nitrogen and oxygen atoms in total. The van der Waals surface area contributed by atoms with E-state index in [1.807, 2.05) is 115 Å². The molecule has 0 aliphatic heterocycles. The lowest BCUT2D eigenvalue weighted by molar-refractivity contribution is -0.147. The summed E-state index contributed by atoms with van der Waals surface area (Å²) < 4.78 is 5.44. The third-order valence-corrected chi connectivity index (χ3v) is 5.13. The summed E-state index contributed by atoms with van der Waals surface area (Å²) in [7, 11) is 0. The normalized spacial score (nSPS) is 10.5. The van der Waals surface area contributed by atoms with E-state index in [9.17, 15) is 9.59 Å². The summed E-state index contributed by atoms with van der Waals surface area (Å²) in [4.78, 5) is 25.6. The Kier molecular flexibility index (Phi) is 6.73. The summed E-state index contributed by atoms with van der Waals surface area (Å²) in [6.07, 6.45) is 0. The maximum absolute atomic E-state index is 13.0. The molecule has 158 valence electrons. The molecule has 0 aliphatic rings. The van der Waals surface area contributed by atoms with Gasteiger partial charge in [0.15, 0.2) is 6.61 Å². The summed E-state index contributed by atoms with van der Waals surface area (Å²) in [5.74, 6) is -1.45. The lowest BCUT2D eigenvalue weighted by atomic mass is 9.91. The van der Waals surface area contributed by atoms with Crippen LogP contribution in [-0.4, -0.2) is 18.5 Å². The van der Waals surface area contributed by atoms with Crippen LogP contribution in [0.1, 0.15) is 17.0 Å². The number of para-hydroxylation sites is 1. The van der Waals surface area contributed by atoms with Gasteiger partial charge in [-0.3, -0.25) is 9.59 Å². The minimum atomic E-state index is -0.596. The van der Waals surface area contributed by atoms with Crippen molar-refractivity contribution in [2.45, 2.75) is 5.92 Å². The van der Waals surface area contributed by atoms with Crippen LogP contribution in [0.25, 0.3) is 11.1 Å². The number of nitrogens with one attached hydrogen (secondary N) is 1. The van der Waals surface area contributed by atoms with Crippen molar-refractivity contribution in [3.63, 3.8) is 0 Å². The Hall–Kier alpha value is -4.18. The van der Waals surface area contributed by atoms with Crippen molar-refractivity contribution < 1.29 is 14.3 Å². The monoisotopic (exact) mass is 421 g/mol. The maximum Gasteiger partial charge on any atom is 0.318 e. The van der Waals surface area contributed by atoms with Gasteiger partial charge >= 0.3 is 5.97 Å². The van der Waals surface area contributed by atoms with Crippen molar-refractivity contribution in [1.82, 2.24) is 0 Å². The lowest BCUT2D eigenvalue weighted by Gasteiger charge is -2.17. The van der Waals surface area contributed by atoms with Crippen LogP contribution < -0.4 is 5.32 Å². The summed E-state index contributed by atoms with van der Waals surface area (Å²) in [6, 6.07) is 36.2. The van der Waals surface area contributed by atoms with Crippen LogP contribution >= 0.6 is 0 Å². The van der Waals surface area contributed by atoms with Crippen molar-refractivity contribution in [1.29, 1.82) is 0 Å². The average Bonchev–Trinajstić information content (AvgIpc) is 2.85. The highest BCUT2D eigenvalue weighted by molar-refractivity contribution is 5.97. The van der Waals surface area contributed by atoms with E-state index in [4.69, 9.17) is 4.74 Å². The Labute approximate surface area is 187 Å². The fraction of sp³-hybridized carbons (Fsp3) is 0.0714. The number of hydrogen-bond acceptors (Lipinski definition) is 3. The van der Waals surface area contributed by atoms with Crippen molar-refractivity contribution in [3.05, 3.63) is 126 Å². The third-order valence-electron chi connectivity index (χ3n) is 5.13. The molecule has 0 aliphatic carbocycles. The fourth-order valence-corrected chi connectivity index (χ4v) is 3.62. The smallest absolute Gasteiger partial charge is 0.318 e. The van der Waals surface area contributed by atoms with Crippen molar-refractivity contribution >= 4 is 17.6 Å². The van der Waals surface area contributed by atoms with Gasteiger partial charge in [0.2, 0.25) is 0 Å². The Balaban J connectivity index is 1.46. The first-order chi connectivity index (χ1) is 15.7. The topological polar surface area (TPSA) is 55.4 Å². The molecule has 0 heterocycles. The largest absolute Gasteiger partial charge is 0.455 e. The van der Waals surface area contributed by atoms with Gasteiger partial charge in [-0.05, 0) is 22.8 Å². The fourth-order valence-electron chi connectivity index (χ4n) is 3.62. The highest BCUT2D eigenvalue weighted by Crippen LogP contribution is 2.28. The average molecular weight is 421 g/mol. The van der Waals surface area contributed by atoms with Gasteiger partial charge in [-0.2, -0.15) is 0 Å². The number of anilines is 1. The Bertz CT molecular complexity index is 1140. The van der Waals surface area contributed by atoms with E-state index in [0.717, 1.165) is 22.3 Å². The number of amides is 1. The molecule has 0 saturated heterocycles. The second-order valence-corrected chi connectivity index (χ2v) is 7.32. The minimum absolute atomic E-state index is 0.363. The molecule has 4 aromatic rings. The Morgan fingerprint density at radius 3 is 1.75 bits per heavy atom. The highest BCUT2D eigenvalue weighted by Gasteiger charge is 2.25. The first-order valence-electron chi connectivity index (χ1n) is 10.4. The van der Waals surface area contributed by atoms with E-state index in [-0.39, 0.29) is 12.5 Å². The standard InChI is InChI=1S/C28H23NO3/c30-26(29-25-19-11-10-18-24(25)21-12-4-1-5-13-21)20-32-28(31)27(22-14-6-2-7-15-22)23-16-8-3-9-17-23/h1-19,27H,20H2,(H,29,30). The molecular weight excluding hydrogens is 398 g/mol. The molecule has 0 spiro atoms. The zero-order chi connectivity index (χ0) is 22.2. The molecule has 0 aromatic heterocycles. The van der Waals surface area contributed by atoms with Crippen LogP contribution in [-0.2, 0) is 14.3 Å². The predicted molar refractivity (Wildman–Crippen MR) is 126 cm³/mol. The molecule has 32 heavy (non-hydrogen) atoms. The number of hydrogen-bond donors (Lipinski definition) is 1. The first-order valence-corrected chi connectivity index (χ1v) is 10.4. The van der Waals surface area contributed by atoms with Crippen LogP contribution in [0.4, 0.5) is 5.69 Å². The number of esters is 1. The number of benzene rings is 4. The number of carbonyl (C=O) groups excluding carboxylic acids is 2. The van der Waals surface area contributed by atoms with Gasteiger partial charge in [0.25, 0.3) is 5.91 Å². The van der Waals surface area contributed by atoms with Crippen LogP contribution in [0.2, 0.25) is 0 Å². The summed E-state index contributed by atoms with van der Waals surface area (Å²) in [5, 5.41) is 2.87. The van der Waals surface area contributed by atoms with E-state index >= 15 is 0 Å². The highest BCUT2D eigenvalue weighted by atomic mass is 16.5. The summed E-state index contributed by atoms with van der Waals surface area (Å²) >= 11 is 0. The van der Waals surface area contributed by atoms with Crippen LogP contribution in [0.15, 0.2) is 115 Å². The van der Waals surface area contributed by atoms with Gasteiger partial charge in [-0.25, -0.2) is 0 Å². The second kappa shape index (κ2) is 10.2. The molecule has 1 amide bonds. The maximum atomic E-state index is 13.0. The molecule has 4 rings (SSSR count). The van der Waals surface area contributed by atoms with E-state index < -0.39 is 11.9 Å². The van der Waals surface area contributed by atoms with Crippen molar-refractivity contribution in [3.8, 4) is 11.1 Å². The minimum Gasteiger partial charge on any atom is -0.455 e. The van der Waals surface area contributed by atoms with Gasteiger partial charge in [0.05, 0.1) is 0 Å². The van der Waals surface area contributed by atoms with Crippen LogP contribution in [0, 0.1) is 0 Å². The van der Waals surface area contributed by atoms with E-state index in [1.165, 1.54) is 0 Å². The van der Waals surface area contributed by atoms with Crippen LogP contribution in [0.5, 0.6) is 0 Å². The lowest BCUT2D eigenvalue weighted by Crippen LogP contribution is -2.24. The van der Waals surface area contributed by atoms with Gasteiger partial charge in [0, 0.05) is 11.3 Å². The molecule has 0 saturated carbocycles. The Morgan fingerprint density at radius 1 is 0.656 bits per heavy atom. The quantitative estimate of drug-likeness (QED) is 0.391. The summed E-state index contributed by atoms with van der Waals surface area (Å²) in [5.41, 5.74) is 4.20. The van der Waals surface area contributed by atoms with Crippen molar-refractivity contribution in [2.75, 3.05) is 11.9 Å². The molecule has 4 heteroatoms. The first kappa shape index (κ1) is 21.1. The zero-order valence-electron chi connectivity index (χ0n) is 17.5. The van der Waals surface area contributed by atoms with Gasteiger partial charge < -0.3 is 10.1 Å². The second-order valence-electron chi connectivity index (χ2n) is 7.32. The van der Waals surface area contributed by atoms with Gasteiger partial charge in [0.1, 0.15) is 5.92 Å². The van der Waals surface area contributed by atoms with Crippen LogP contribution in [0.3, 0.4) is 0 Å². The van der Waals surface area contributed by atoms with E-state index in [1.54, 1.807) is 0 Å². The molecule has 0 unspecified atom stereocenters. The SMILES string of the molecule is O=C(COC(=O)C(c1ccccc1)c1ccccc1)Nc1ccccc1-c1ccccc1. The van der Waals surface area contributed by atoms with E-state index in [2.05, 4.69) is 5.32 Å². The van der Waals surface area contributed by atoms with Crippen molar-refractivity contribution in [2.24, 2.45) is 0 Å². The number of carbonyl (C=O) groups is 2. The molecule has 0 atom stereocenters. The Morgan fingerprint density at radius 2 is 1.16 bits per heavy atom. The predicted octanol–water partition coefficient (Wildman–Crippen LogP) is 5.67. The molecule has 0 fully saturated rings. The molecule has 0 bridgehead atoms.